The Hall–Kier alpha value is -1.22. The average molecular weight is 280 g/mol. The van der Waals surface area contributed by atoms with Crippen molar-refractivity contribution in [3.63, 3.8) is 0 Å². The number of phenols is 1. The predicted molar refractivity (Wildman–Crippen MR) is 83.7 cm³/mol. The van der Waals surface area contributed by atoms with E-state index in [0.717, 1.165) is 21.8 Å². The topological polar surface area (TPSA) is 37.3 Å². The SMILES string of the molecule is CC/C(=C/C(C)=O)Sc1ccc(O)cc1C.CCC. The number of aromatic hydroxyl groups is 1. The van der Waals surface area contributed by atoms with Gasteiger partial charge in [-0.25, -0.2) is 0 Å². The van der Waals surface area contributed by atoms with Gasteiger partial charge in [0.25, 0.3) is 0 Å². The van der Waals surface area contributed by atoms with Crippen molar-refractivity contribution in [3.05, 3.63) is 34.7 Å². The number of benzene rings is 1. The molecule has 0 atom stereocenters. The van der Waals surface area contributed by atoms with Gasteiger partial charge < -0.3 is 5.11 Å². The van der Waals surface area contributed by atoms with E-state index < -0.39 is 0 Å². The summed E-state index contributed by atoms with van der Waals surface area (Å²) in [6.07, 6.45) is 3.75. The third kappa shape index (κ3) is 7.73. The standard InChI is InChI=1S/C13H16O2S.C3H8/c1-4-12(8-10(3)14)16-13-6-5-11(15)7-9(13)2;1-3-2/h5-8,15H,4H2,1-3H3;3H2,1-2H3/b12-8-;. The minimum Gasteiger partial charge on any atom is -0.508 e. The van der Waals surface area contributed by atoms with Gasteiger partial charge in [-0.3, -0.25) is 4.79 Å². The highest BCUT2D eigenvalue weighted by Crippen LogP contribution is 2.32. The lowest BCUT2D eigenvalue weighted by molar-refractivity contribution is -0.112. The Morgan fingerprint density at radius 1 is 1.32 bits per heavy atom. The normalized spacial score (nSPS) is 10.7. The molecule has 0 amide bonds. The van der Waals surface area contributed by atoms with Crippen LogP contribution < -0.4 is 0 Å². The van der Waals surface area contributed by atoms with Gasteiger partial charge in [-0.1, -0.05) is 39.0 Å². The lowest BCUT2D eigenvalue weighted by Crippen LogP contribution is -1.86. The summed E-state index contributed by atoms with van der Waals surface area (Å²) in [5.74, 6) is 0.344. The summed E-state index contributed by atoms with van der Waals surface area (Å²) < 4.78 is 0. The Morgan fingerprint density at radius 3 is 2.32 bits per heavy atom. The van der Waals surface area contributed by atoms with Crippen molar-refractivity contribution in [1.29, 1.82) is 0 Å². The Morgan fingerprint density at radius 2 is 1.89 bits per heavy atom. The summed E-state index contributed by atoms with van der Waals surface area (Å²) in [6.45, 7) is 9.78. The molecule has 19 heavy (non-hydrogen) atoms. The first-order valence-corrected chi connectivity index (χ1v) is 7.44. The molecule has 0 fully saturated rings. The van der Waals surface area contributed by atoms with Crippen LogP contribution in [0.15, 0.2) is 34.1 Å². The molecule has 2 nitrogen and oxygen atoms in total. The zero-order chi connectivity index (χ0) is 14.8. The van der Waals surface area contributed by atoms with Crippen molar-refractivity contribution < 1.29 is 9.90 Å². The Kier molecular flexibility index (Phi) is 9.06. The van der Waals surface area contributed by atoms with Crippen LogP contribution in [0.1, 0.15) is 46.1 Å². The van der Waals surface area contributed by atoms with Crippen LogP contribution in [0.2, 0.25) is 0 Å². The highest BCUT2D eigenvalue weighted by molar-refractivity contribution is 8.03. The van der Waals surface area contributed by atoms with Crippen molar-refractivity contribution in [3.8, 4) is 5.75 Å². The van der Waals surface area contributed by atoms with E-state index in [9.17, 15) is 9.90 Å². The first-order chi connectivity index (χ1) is 8.94. The monoisotopic (exact) mass is 280 g/mol. The fraction of sp³-hybridized carbons (Fsp3) is 0.438. The summed E-state index contributed by atoms with van der Waals surface area (Å²) in [6, 6.07) is 5.26. The highest BCUT2D eigenvalue weighted by Gasteiger charge is 2.04. The summed E-state index contributed by atoms with van der Waals surface area (Å²) >= 11 is 1.58. The van der Waals surface area contributed by atoms with Crippen molar-refractivity contribution in [1.82, 2.24) is 0 Å². The molecule has 1 N–H and O–H groups in total. The second kappa shape index (κ2) is 9.68. The Balaban J connectivity index is 0.000000982. The summed E-state index contributed by atoms with van der Waals surface area (Å²) in [4.78, 5) is 13.1. The molecule has 0 heterocycles. The molecule has 0 aliphatic rings. The quantitative estimate of drug-likeness (QED) is 0.616. The van der Waals surface area contributed by atoms with E-state index in [2.05, 4.69) is 13.8 Å². The van der Waals surface area contributed by atoms with E-state index in [1.54, 1.807) is 36.9 Å². The van der Waals surface area contributed by atoms with Gasteiger partial charge >= 0.3 is 0 Å². The van der Waals surface area contributed by atoms with Crippen LogP contribution in [-0.4, -0.2) is 10.9 Å². The van der Waals surface area contributed by atoms with Crippen LogP contribution in [0.25, 0.3) is 0 Å². The minimum absolute atomic E-state index is 0.0702. The van der Waals surface area contributed by atoms with Crippen molar-refractivity contribution in [2.75, 3.05) is 0 Å². The third-order valence-corrected chi connectivity index (χ3v) is 3.46. The molecule has 0 saturated carbocycles. The molecule has 3 heteroatoms. The van der Waals surface area contributed by atoms with Gasteiger partial charge in [-0.05, 0) is 55.0 Å². The van der Waals surface area contributed by atoms with Gasteiger partial charge in [0.05, 0.1) is 0 Å². The van der Waals surface area contributed by atoms with Gasteiger partial charge in [0.2, 0.25) is 0 Å². The summed E-state index contributed by atoms with van der Waals surface area (Å²) in [5, 5.41) is 9.30. The molecule has 0 aliphatic carbocycles. The summed E-state index contributed by atoms with van der Waals surface area (Å²) in [7, 11) is 0. The van der Waals surface area contributed by atoms with Crippen LogP contribution in [0.5, 0.6) is 5.75 Å². The largest absolute Gasteiger partial charge is 0.508 e. The van der Waals surface area contributed by atoms with E-state index in [1.165, 1.54) is 6.42 Å². The van der Waals surface area contributed by atoms with E-state index in [4.69, 9.17) is 0 Å². The van der Waals surface area contributed by atoms with Crippen LogP contribution in [0.3, 0.4) is 0 Å². The average Bonchev–Trinajstić information content (AvgIpc) is 2.32. The predicted octanol–water partition coefficient (Wildman–Crippen LogP) is 5.09. The zero-order valence-corrected chi connectivity index (χ0v) is 13.3. The van der Waals surface area contributed by atoms with Crippen molar-refractivity contribution in [2.45, 2.75) is 52.4 Å². The van der Waals surface area contributed by atoms with Crippen LogP contribution in [0, 0.1) is 6.92 Å². The summed E-state index contributed by atoms with van der Waals surface area (Å²) in [5.41, 5.74) is 1.02. The lowest BCUT2D eigenvalue weighted by Gasteiger charge is -2.07. The number of carbonyl (C=O) groups excluding carboxylic acids is 1. The first kappa shape index (κ1) is 17.8. The zero-order valence-electron chi connectivity index (χ0n) is 12.5. The van der Waals surface area contributed by atoms with Crippen molar-refractivity contribution >= 4 is 17.5 Å². The van der Waals surface area contributed by atoms with Crippen LogP contribution in [-0.2, 0) is 4.79 Å². The molecule has 0 saturated heterocycles. The molecule has 1 rings (SSSR count). The maximum atomic E-state index is 11.0. The number of phenolic OH excluding ortho intramolecular Hbond substituents is 1. The molecule has 1 aromatic carbocycles. The fourth-order valence-electron chi connectivity index (χ4n) is 1.32. The number of rotatable bonds is 4. The van der Waals surface area contributed by atoms with Gasteiger partial charge in [0.1, 0.15) is 5.75 Å². The van der Waals surface area contributed by atoms with Gasteiger partial charge in [0.15, 0.2) is 5.78 Å². The number of allylic oxidation sites excluding steroid dienone is 2. The number of ketones is 1. The molecule has 0 bridgehead atoms. The van der Waals surface area contributed by atoms with E-state index >= 15 is 0 Å². The second-order valence-corrected chi connectivity index (χ2v) is 5.50. The second-order valence-electron chi connectivity index (χ2n) is 4.33. The van der Waals surface area contributed by atoms with Crippen molar-refractivity contribution in [2.24, 2.45) is 0 Å². The highest BCUT2D eigenvalue weighted by atomic mass is 32.2. The fourth-order valence-corrected chi connectivity index (χ4v) is 2.33. The number of carbonyl (C=O) groups is 1. The van der Waals surface area contributed by atoms with Gasteiger partial charge in [0, 0.05) is 4.90 Å². The smallest absolute Gasteiger partial charge is 0.153 e. The molecular weight excluding hydrogens is 256 g/mol. The number of aryl methyl sites for hydroxylation is 1. The number of thioether (sulfide) groups is 1. The molecule has 0 unspecified atom stereocenters. The van der Waals surface area contributed by atoms with Crippen LogP contribution in [0.4, 0.5) is 0 Å². The molecular formula is C16H24O2S. The molecule has 0 radical (unpaired) electrons. The molecule has 1 aromatic rings. The third-order valence-electron chi connectivity index (χ3n) is 2.11. The lowest BCUT2D eigenvalue weighted by atomic mass is 10.2. The molecule has 106 valence electrons. The van der Waals surface area contributed by atoms with Crippen LogP contribution >= 0.6 is 11.8 Å². The molecule has 0 spiro atoms. The Labute approximate surface area is 120 Å². The van der Waals surface area contributed by atoms with Gasteiger partial charge in [-0.15, -0.1) is 0 Å². The molecule has 0 aromatic heterocycles. The Bertz CT molecular complexity index is 436. The van der Waals surface area contributed by atoms with E-state index in [1.807, 2.05) is 19.9 Å². The maximum absolute atomic E-state index is 11.0. The van der Waals surface area contributed by atoms with E-state index in [0.29, 0.717) is 0 Å². The maximum Gasteiger partial charge on any atom is 0.153 e. The first-order valence-electron chi connectivity index (χ1n) is 6.63. The number of hydrogen-bond donors (Lipinski definition) is 1. The molecule has 0 aliphatic heterocycles. The number of hydrogen-bond acceptors (Lipinski definition) is 3. The minimum atomic E-state index is 0.0702. The van der Waals surface area contributed by atoms with E-state index in [-0.39, 0.29) is 11.5 Å². The van der Waals surface area contributed by atoms with Gasteiger partial charge in [-0.2, -0.15) is 0 Å².